The Hall–Kier alpha value is -2.37. The van der Waals surface area contributed by atoms with Crippen LogP contribution in [0.5, 0.6) is 0 Å². The fourth-order valence-corrected chi connectivity index (χ4v) is 3.99. The number of carbonyl (C=O) groups is 1. The standard InChI is InChI=1S/C22H24ClN3O2/c1-25(15-20-19-4-2-3-5-21(19)28-24-20)18-10-12-26(13-11-18)22(27)14-16-6-8-17(23)9-7-16/h2-9,18H,10-15H2,1H3. The Morgan fingerprint density at radius 1 is 1.18 bits per heavy atom. The second-order valence-electron chi connectivity index (χ2n) is 7.46. The number of halogens is 1. The molecule has 0 N–H and O–H groups in total. The second-order valence-corrected chi connectivity index (χ2v) is 7.89. The highest BCUT2D eigenvalue weighted by Crippen LogP contribution is 2.22. The van der Waals surface area contributed by atoms with E-state index >= 15 is 0 Å². The van der Waals surface area contributed by atoms with Crippen LogP contribution in [0.1, 0.15) is 24.1 Å². The summed E-state index contributed by atoms with van der Waals surface area (Å²) in [5, 5.41) is 6.00. The predicted octanol–water partition coefficient (Wildman–Crippen LogP) is 4.15. The number of likely N-dealkylation sites (tertiary alicyclic amines) is 1. The van der Waals surface area contributed by atoms with Crippen molar-refractivity contribution < 1.29 is 9.32 Å². The van der Waals surface area contributed by atoms with Crippen LogP contribution in [0.25, 0.3) is 11.0 Å². The summed E-state index contributed by atoms with van der Waals surface area (Å²) in [5.74, 6) is 0.186. The van der Waals surface area contributed by atoms with Crippen molar-refractivity contribution in [1.82, 2.24) is 15.0 Å². The van der Waals surface area contributed by atoms with Gasteiger partial charge in [-0.25, -0.2) is 0 Å². The summed E-state index contributed by atoms with van der Waals surface area (Å²) in [7, 11) is 2.12. The molecule has 0 aliphatic carbocycles. The number of nitrogens with zero attached hydrogens (tertiary/aromatic N) is 3. The van der Waals surface area contributed by atoms with Crippen LogP contribution in [0.15, 0.2) is 53.1 Å². The van der Waals surface area contributed by atoms with Gasteiger partial charge in [-0.1, -0.05) is 41.0 Å². The van der Waals surface area contributed by atoms with Gasteiger partial charge in [-0.3, -0.25) is 9.69 Å². The van der Waals surface area contributed by atoms with Gasteiger partial charge in [0.15, 0.2) is 5.58 Å². The number of hydrogen-bond acceptors (Lipinski definition) is 4. The van der Waals surface area contributed by atoms with E-state index in [-0.39, 0.29) is 5.91 Å². The molecule has 0 bridgehead atoms. The van der Waals surface area contributed by atoms with Crippen molar-refractivity contribution in [3.05, 3.63) is 64.8 Å². The summed E-state index contributed by atoms with van der Waals surface area (Å²) < 4.78 is 5.41. The van der Waals surface area contributed by atoms with E-state index in [1.807, 2.05) is 53.4 Å². The van der Waals surface area contributed by atoms with E-state index in [2.05, 4.69) is 17.1 Å². The van der Waals surface area contributed by atoms with Gasteiger partial charge in [-0.2, -0.15) is 0 Å². The van der Waals surface area contributed by atoms with Gasteiger partial charge in [0.05, 0.1) is 6.42 Å². The lowest BCUT2D eigenvalue weighted by Crippen LogP contribution is -2.45. The summed E-state index contributed by atoms with van der Waals surface area (Å²) in [6.45, 7) is 2.34. The fraction of sp³-hybridized carbons (Fsp3) is 0.364. The van der Waals surface area contributed by atoms with E-state index < -0.39 is 0 Å². The van der Waals surface area contributed by atoms with E-state index in [0.717, 1.165) is 54.7 Å². The number of benzene rings is 2. The molecule has 0 spiro atoms. The van der Waals surface area contributed by atoms with Crippen LogP contribution in [-0.2, 0) is 17.8 Å². The minimum absolute atomic E-state index is 0.186. The number of hydrogen-bond donors (Lipinski definition) is 0. The normalized spacial score (nSPS) is 15.5. The first kappa shape index (κ1) is 19.0. The SMILES string of the molecule is CN(Cc1noc2ccccc12)C1CCN(C(=O)Cc2ccc(Cl)cc2)CC1. The van der Waals surface area contributed by atoms with Gasteiger partial charge in [0.2, 0.25) is 5.91 Å². The topological polar surface area (TPSA) is 49.6 Å². The number of fused-ring (bicyclic) bond motifs is 1. The van der Waals surface area contributed by atoms with Gasteiger partial charge in [-0.15, -0.1) is 0 Å². The van der Waals surface area contributed by atoms with Crippen molar-refractivity contribution in [3.63, 3.8) is 0 Å². The Kier molecular flexibility index (Phi) is 5.64. The lowest BCUT2D eigenvalue weighted by Gasteiger charge is -2.36. The van der Waals surface area contributed by atoms with Crippen LogP contribution >= 0.6 is 11.6 Å². The average molecular weight is 398 g/mol. The van der Waals surface area contributed by atoms with E-state index in [9.17, 15) is 4.79 Å². The van der Waals surface area contributed by atoms with E-state index in [4.69, 9.17) is 16.1 Å². The molecule has 28 heavy (non-hydrogen) atoms. The first-order chi connectivity index (χ1) is 13.6. The molecule has 1 aromatic heterocycles. The summed E-state index contributed by atoms with van der Waals surface area (Å²) in [5.41, 5.74) is 2.81. The maximum atomic E-state index is 12.6. The molecule has 0 atom stereocenters. The average Bonchev–Trinajstić information content (AvgIpc) is 3.13. The maximum absolute atomic E-state index is 12.6. The van der Waals surface area contributed by atoms with E-state index in [1.54, 1.807) is 0 Å². The molecular weight excluding hydrogens is 374 g/mol. The largest absolute Gasteiger partial charge is 0.356 e. The zero-order valence-electron chi connectivity index (χ0n) is 16.0. The number of para-hydroxylation sites is 1. The van der Waals surface area contributed by atoms with Crippen LogP contribution in [0, 0.1) is 0 Å². The molecule has 2 aromatic carbocycles. The minimum Gasteiger partial charge on any atom is -0.356 e. The molecule has 4 rings (SSSR count). The van der Waals surface area contributed by atoms with Gasteiger partial charge >= 0.3 is 0 Å². The fourth-order valence-electron chi connectivity index (χ4n) is 3.86. The Morgan fingerprint density at radius 2 is 1.89 bits per heavy atom. The molecule has 0 saturated carbocycles. The Labute approximate surface area is 169 Å². The number of piperidine rings is 1. The van der Waals surface area contributed by atoms with Gasteiger partial charge in [0.1, 0.15) is 5.69 Å². The van der Waals surface area contributed by atoms with Crippen LogP contribution in [-0.4, -0.2) is 47.0 Å². The molecule has 1 aliphatic rings. The predicted molar refractivity (Wildman–Crippen MR) is 110 cm³/mol. The number of aromatic nitrogens is 1. The maximum Gasteiger partial charge on any atom is 0.226 e. The smallest absolute Gasteiger partial charge is 0.226 e. The summed E-state index contributed by atoms with van der Waals surface area (Å²) >= 11 is 5.92. The molecule has 5 nitrogen and oxygen atoms in total. The summed E-state index contributed by atoms with van der Waals surface area (Å²) in [6.07, 6.45) is 2.37. The van der Waals surface area contributed by atoms with Gasteiger partial charge in [0, 0.05) is 36.1 Å². The van der Waals surface area contributed by atoms with Crippen LogP contribution in [0.3, 0.4) is 0 Å². The molecule has 1 aliphatic heterocycles. The number of carbonyl (C=O) groups excluding carboxylic acids is 1. The third-order valence-electron chi connectivity index (χ3n) is 5.56. The zero-order chi connectivity index (χ0) is 19.5. The molecule has 2 heterocycles. The molecule has 0 unspecified atom stereocenters. The van der Waals surface area contributed by atoms with E-state index in [1.165, 1.54) is 0 Å². The van der Waals surface area contributed by atoms with Crippen LogP contribution in [0.4, 0.5) is 0 Å². The monoisotopic (exact) mass is 397 g/mol. The van der Waals surface area contributed by atoms with Crippen molar-refractivity contribution in [3.8, 4) is 0 Å². The molecule has 1 saturated heterocycles. The van der Waals surface area contributed by atoms with Crippen molar-refractivity contribution in [2.75, 3.05) is 20.1 Å². The highest BCUT2D eigenvalue weighted by Gasteiger charge is 2.26. The Morgan fingerprint density at radius 3 is 2.64 bits per heavy atom. The third-order valence-corrected chi connectivity index (χ3v) is 5.81. The molecule has 1 fully saturated rings. The van der Waals surface area contributed by atoms with Crippen molar-refractivity contribution in [2.24, 2.45) is 0 Å². The van der Waals surface area contributed by atoms with Gasteiger partial charge < -0.3 is 9.42 Å². The molecule has 6 heteroatoms. The molecule has 1 amide bonds. The summed E-state index contributed by atoms with van der Waals surface area (Å²) in [6, 6.07) is 15.9. The highest BCUT2D eigenvalue weighted by molar-refractivity contribution is 6.30. The Bertz CT molecular complexity index is 946. The zero-order valence-corrected chi connectivity index (χ0v) is 16.7. The van der Waals surface area contributed by atoms with Crippen LogP contribution < -0.4 is 0 Å². The molecule has 0 radical (unpaired) electrons. The first-order valence-corrected chi connectivity index (χ1v) is 10.0. The molecule has 3 aromatic rings. The third kappa shape index (κ3) is 4.21. The highest BCUT2D eigenvalue weighted by atomic mass is 35.5. The van der Waals surface area contributed by atoms with E-state index in [0.29, 0.717) is 17.5 Å². The lowest BCUT2D eigenvalue weighted by molar-refractivity contribution is -0.132. The quantitative estimate of drug-likeness (QED) is 0.649. The first-order valence-electron chi connectivity index (χ1n) is 9.66. The number of rotatable bonds is 5. The number of amides is 1. The van der Waals surface area contributed by atoms with Crippen molar-refractivity contribution >= 4 is 28.5 Å². The van der Waals surface area contributed by atoms with Gasteiger partial charge in [-0.05, 0) is 49.7 Å². The second kappa shape index (κ2) is 8.33. The molecule has 146 valence electrons. The molecular formula is C22H24ClN3O2. The lowest BCUT2D eigenvalue weighted by atomic mass is 10.0. The van der Waals surface area contributed by atoms with Crippen molar-refractivity contribution in [1.29, 1.82) is 0 Å². The van der Waals surface area contributed by atoms with Crippen LogP contribution in [0.2, 0.25) is 5.02 Å². The van der Waals surface area contributed by atoms with Gasteiger partial charge in [0.25, 0.3) is 0 Å². The Balaban J connectivity index is 1.30. The van der Waals surface area contributed by atoms with Crippen molar-refractivity contribution in [2.45, 2.75) is 31.8 Å². The summed E-state index contributed by atoms with van der Waals surface area (Å²) in [4.78, 5) is 16.9. The minimum atomic E-state index is 0.186.